The minimum absolute atomic E-state index is 0.216. The van der Waals surface area contributed by atoms with Crippen molar-refractivity contribution in [1.29, 1.82) is 0 Å². The van der Waals surface area contributed by atoms with Crippen LogP contribution in [0, 0.1) is 12.8 Å². The Hall–Kier alpha value is -1.27. The fourth-order valence-corrected chi connectivity index (χ4v) is 2.49. The third-order valence-electron chi connectivity index (χ3n) is 3.02. The van der Waals surface area contributed by atoms with Gasteiger partial charge in [0.1, 0.15) is 0 Å². The summed E-state index contributed by atoms with van der Waals surface area (Å²) in [6.45, 7) is 6.76. The lowest BCUT2D eigenvalue weighted by Crippen LogP contribution is -2.30. The molecule has 0 bridgehead atoms. The van der Waals surface area contributed by atoms with Crippen molar-refractivity contribution in [3.63, 3.8) is 0 Å². The number of methoxy groups -OCH3 is 1. The fourth-order valence-electron chi connectivity index (χ4n) is 1.86. The third kappa shape index (κ3) is 5.38. The average molecular weight is 300 g/mol. The maximum absolute atomic E-state index is 11.2. The summed E-state index contributed by atoms with van der Waals surface area (Å²) in [5, 5.41) is 3.41. The Kier molecular flexibility index (Phi) is 5.83. The molecule has 0 aliphatic carbocycles. The van der Waals surface area contributed by atoms with Crippen LogP contribution in [0.4, 0.5) is 11.4 Å². The summed E-state index contributed by atoms with van der Waals surface area (Å²) in [7, 11) is -1.57. The molecule has 0 spiro atoms. The predicted molar refractivity (Wildman–Crippen MR) is 83.8 cm³/mol. The lowest BCUT2D eigenvalue weighted by Gasteiger charge is -2.23. The van der Waals surface area contributed by atoms with Crippen molar-refractivity contribution < 1.29 is 13.2 Å². The Morgan fingerprint density at radius 2 is 1.95 bits per heavy atom. The molecule has 0 amide bonds. The van der Waals surface area contributed by atoms with Gasteiger partial charge in [-0.3, -0.25) is 4.72 Å². The molecular weight excluding hydrogens is 276 g/mol. The van der Waals surface area contributed by atoms with E-state index in [9.17, 15) is 8.42 Å². The smallest absolute Gasteiger partial charge is 0.229 e. The molecule has 1 aromatic rings. The van der Waals surface area contributed by atoms with Gasteiger partial charge in [0.15, 0.2) is 0 Å². The van der Waals surface area contributed by atoms with Crippen LogP contribution in [-0.4, -0.2) is 34.4 Å². The molecule has 0 saturated carbocycles. The van der Waals surface area contributed by atoms with Crippen LogP contribution in [0.15, 0.2) is 18.2 Å². The van der Waals surface area contributed by atoms with Crippen LogP contribution in [0.25, 0.3) is 0 Å². The first-order valence-corrected chi connectivity index (χ1v) is 8.46. The van der Waals surface area contributed by atoms with Gasteiger partial charge in [-0.25, -0.2) is 8.42 Å². The Morgan fingerprint density at radius 3 is 2.40 bits per heavy atom. The molecule has 6 heteroatoms. The zero-order valence-corrected chi connectivity index (χ0v) is 13.5. The van der Waals surface area contributed by atoms with Gasteiger partial charge in [-0.15, -0.1) is 0 Å². The van der Waals surface area contributed by atoms with Gasteiger partial charge in [-0.05, 0) is 36.6 Å². The van der Waals surface area contributed by atoms with Gasteiger partial charge in [0, 0.05) is 12.8 Å². The second-order valence-electron chi connectivity index (χ2n) is 5.35. The minimum atomic E-state index is -3.25. The molecule has 0 aliphatic heterocycles. The van der Waals surface area contributed by atoms with E-state index in [-0.39, 0.29) is 6.04 Å². The number of aryl methyl sites for hydroxylation is 1. The van der Waals surface area contributed by atoms with E-state index in [1.54, 1.807) is 13.2 Å². The lowest BCUT2D eigenvalue weighted by atomic mass is 10.0. The van der Waals surface area contributed by atoms with Gasteiger partial charge in [-0.2, -0.15) is 0 Å². The maximum Gasteiger partial charge on any atom is 0.229 e. The van der Waals surface area contributed by atoms with Gasteiger partial charge >= 0.3 is 0 Å². The first-order chi connectivity index (χ1) is 9.23. The molecule has 5 nitrogen and oxygen atoms in total. The van der Waals surface area contributed by atoms with Crippen molar-refractivity contribution in [3.05, 3.63) is 23.8 Å². The quantitative estimate of drug-likeness (QED) is 0.811. The number of sulfonamides is 1. The normalized spacial score (nSPS) is 13.3. The van der Waals surface area contributed by atoms with Crippen LogP contribution in [0.3, 0.4) is 0 Å². The summed E-state index contributed by atoms with van der Waals surface area (Å²) in [5.41, 5.74) is 2.43. The minimum Gasteiger partial charge on any atom is -0.383 e. The fraction of sp³-hybridized carbons (Fsp3) is 0.571. The Bertz CT molecular complexity index is 541. The van der Waals surface area contributed by atoms with E-state index in [1.165, 1.54) is 0 Å². The molecule has 114 valence electrons. The van der Waals surface area contributed by atoms with Crippen LogP contribution in [0.5, 0.6) is 0 Å². The highest BCUT2D eigenvalue weighted by Gasteiger charge is 2.13. The zero-order valence-electron chi connectivity index (χ0n) is 12.7. The van der Waals surface area contributed by atoms with Crippen LogP contribution in [0.1, 0.15) is 19.4 Å². The maximum atomic E-state index is 11.2. The van der Waals surface area contributed by atoms with Gasteiger partial charge in [0.2, 0.25) is 10.0 Å². The Balaban J connectivity index is 2.86. The summed E-state index contributed by atoms with van der Waals surface area (Å²) in [5.74, 6) is 0.434. The Morgan fingerprint density at radius 1 is 1.30 bits per heavy atom. The number of hydrogen-bond acceptors (Lipinski definition) is 4. The third-order valence-corrected chi connectivity index (χ3v) is 3.62. The summed E-state index contributed by atoms with van der Waals surface area (Å²) in [4.78, 5) is 0. The second-order valence-corrected chi connectivity index (χ2v) is 7.10. The molecule has 0 heterocycles. The number of ether oxygens (including phenoxy) is 1. The van der Waals surface area contributed by atoms with Crippen molar-refractivity contribution in [2.45, 2.75) is 26.8 Å². The van der Waals surface area contributed by atoms with Gasteiger partial charge in [0.05, 0.1) is 24.6 Å². The summed E-state index contributed by atoms with van der Waals surface area (Å²) in [6, 6.07) is 5.78. The highest BCUT2D eigenvalue weighted by molar-refractivity contribution is 7.92. The van der Waals surface area contributed by atoms with E-state index in [0.717, 1.165) is 17.5 Å². The summed E-state index contributed by atoms with van der Waals surface area (Å²) < 4.78 is 30.2. The topological polar surface area (TPSA) is 67.4 Å². The first-order valence-electron chi connectivity index (χ1n) is 6.57. The van der Waals surface area contributed by atoms with Crippen molar-refractivity contribution in [2.75, 3.05) is 30.0 Å². The molecule has 2 N–H and O–H groups in total. The standard InChI is InChI=1S/C14H24N2O3S/c1-10(2)14(9-19-4)15-12-6-7-13(11(3)8-12)16-20(5,17)18/h6-8,10,14-16H,9H2,1-5H3. The summed E-state index contributed by atoms with van der Waals surface area (Å²) in [6.07, 6.45) is 1.14. The molecule has 0 aliphatic rings. The number of anilines is 2. The molecule has 1 atom stereocenters. The van der Waals surface area contributed by atoms with Crippen LogP contribution in [-0.2, 0) is 14.8 Å². The molecule has 1 rings (SSSR count). The van der Waals surface area contributed by atoms with Crippen molar-refractivity contribution in [3.8, 4) is 0 Å². The predicted octanol–water partition coefficient (Wildman–Crippen LogP) is 2.45. The zero-order chi connectivity index (χ0) is 15.3. The van der Waals surface area contributed by atoms with Crippen LogP contribution in [0.2, 0.25) is 0 Å². The SMILES string of the molecule is COCC(Nc1ccc(NS(C)(=O)=O)c(C)c1)C(C)C. The molecule has 0 fully saturated rings. The molecule has 1 aromatic carbocycles. The van der Waals surface area contributed by atoms with Crippen molar-refractivity contribution in [1.82, 2.24) is 0 Å². The van der Waals surface area contributed by atoms with E-state index in [2.05, 4.69) is 23.9 Å². The lowest BCUT2D eigenvalue weighted by molar-refractivity contribution is 0.171. The summed E-state index contributed by atoms with van der Waals surface area (Å²) >= 11 is 0. The van der Waals surface area contributed by atoms with Crippen LogP contribution < -0.4 is 10.0 Å². The van der Waals surface area contributed by atoms with E-state index in [0.29, 0.717) is 18.2 Å². The molecule has 0 saturated heterocycles. The van der Waals surface area contributed by atoms with E-state index < -0.39 is 10.0 Å². The molecular formula is C14H24N2O3S. The van der Waals surface area contributed by atoms with Gasteiger partial charge < -0.3 is 10.1 Å². The van der Waals surface area contributed by atoms with Crippen molar-refractivity contribution >= 4 is 21.4 Å². The van der Waals surface area contributed by atoms with E-state index in [4.69, 9.17) is 4.74 Å². The Labute approximate surface area is 121 Å². The number of nitrogens with one attached hydrogen (secondary N) is 2. The molecule has 1 unspecified atom stereocenters. The number of hydrogen-bond donors (Lipinski definition) is 2. The van der Waals surface area contributed by atoms with Gasteiger partial charge in [0.25, 0.3) is 0 Å². The van der Waals surface area contributed by atoms with Crippen LogP contribution >= 0.6 is 0 Å². The molecule has 0 radical (unpaired) electrons. The average Bonchev–Trinajstić information content (AvgIpc) is 2.30. The highest BCUT2D eigenvalue weighted by atomic mass is 32.2. The number of benzene rings is 1. The van der Waals surface area contributed by atoms with E-state index >= 15 is 0 Å². The largest absolute Gasteiger partial charge is 0.383 e. The van der Waals surface area contributed by atoms with Crippen molar-refractivity contribution in [2.24, 2.45) is 5.92 Å². The monoisotopic (exact) mass is 300 g/mol. The second kappa shape index (κ2) is 6.95. The first kappa shape index (κ1) is 16.8. The van der Waals surface area contributed by atoms with E-state index in [1.807, 2.05) is 19.1 Å². The highest BCUT2D eigenvalue weighted by Crippen LogP contribution is 2.22. The van der Waals surface area contributed by atoms with Gasteiger partial charge in [-0.1, -0.05) is 13.8 Å². The number of rotatable bonds is 7. The molecule has 20 heavy (non-hydrogen) atoms. The molecule has 0 aromatic heterocycles.